The normalized spacial score (nSPS) is 16.4. The molecule has 0 radical (unpaired) electrons. The molecule has 0 saturated heterocycles. The molecule has 1 fully saturated rings. The molecule has 102 valence electrons. The summed E-state index contributed by atoms with van der Waals surface area (Å²) in [6, 6.07) is 8.03. The Morgan fingerprint density at radius 3 is 2.68 bits per heavy atom. The lowest BCUT2D eigenvalue weighted by atomic mass is 9.93. The third-order valence-corrected chi connectivity index (χ3v) is 4.19. The van der Waals surface area contributed by atoms with Crippen LogP contribution in [-0.4, -0.2) is 29.7 Å². The molecule has 1 amide bonds. The number of carbonyl (C=O) groups excluding carboxylic acids is 2. The number of rotatable bonds is 3. The first kappa shape index (κ1) is 14.3. The lowest BCUT2D eigenvalue weighted by molar-refractivity contribution is -0.133. The summed E-state index contributed by atoms with van der Waals surface area (Å²) < 4.78 is 0.990. The number of benzene rings is 1. The number of nitrogens with zero attached hydrogens (tertiary/aromatic N) is 1. The molecule has 0 bridgehead atoms. The minimum absolute atomic E-state index is 0.123. The van der Waals surface area contributed by atoms with Crippen LogP contribution in [0, 0.1) is 0 Å². The predicted octanol–water partition coefficient (Wildman–Crippen LogP) is 2.96. The maximum Gasteiger partial charge on any atom is 0.226 e. The second-order valence-electron chi connectivity index (χ2n) is 5.08. The first-order valence-electron chi connectivity index (χ1n) is 6.58. The molecule has 1 aliphatic carbocycles. The van der Waals surface area contributed by atoms with Gasteiger partial charge in [-0.05, 0) is 30.5 Å². The van der Waals surface area contributed by atoms with Crippen molar-refractivity contribution < 1.29 is 9.59 Å². The molecule has 19 heavy (non-hydrogen) atoms. The van der Waals surface area contributed by atoms with Crippen molar-refractivity contribution in [2.24, 2.45) is 0 Å². The van der Waals surface area contributed by atoms with Crippen molar-refractivity contribution in [1.29, 1.82) is 0 Å². The van der Waals surface area contributed by atoms with Gasteiger partial charge in [0, 0.05) is 30.4 Å². The van der Waals surface area contributed by atoms with Gasteiger partial charge in [0.1, 0.15) is 5.78 Å². The van der Waals surface area contributed by atoms with Gasteiger partial charge >= 0.3 is 0 Å². The number of hydrogen-bond acceptors (Lipinski definition) is 2. The summed E-state index contributed by atoms with van der Waals surface area (Å²) in [5, 5.41) is 0. The Hall–Kier alpha value is -1.16. The van der Waals surface area contributed by atoms with Gasteiger partial charge in [-0.2, -0.15) is 0 Å². The Morgan fingerprint density at radius 1 is 1.37 bits per heavy atom. The van der Waals surface area contributed by atoms with Crippen molar-refractivity contribution in [2.45, 2.75) is 38.1 Å². The SMILES string of the molecule is CN(C(=O)Cc1cccc(Br)c1)C1CCC(=O)CC1. The highest BCUT2D eigenvalue weighted by Crippen LogP contribution is 2.20. The van der Waals surface area contributed by atoms with Gasteiger partial charge in [-0.1, -0.05) is 28.1 Å². The van der Waals surface area contributed by atoms with Crippen molar-refractivity contribution in [1.82, 2.24) is 4.90 Å². The van der Waals surface area contributed by atoms with E-state index in [4.69, 9.17) is 0 Å². The zero-order chi connectivity index (χ0) is 13.8. The number of likely N-dealkylation sites (N-methyl/N-ethyl adjacent to an activating group) is 1. The van der Waals surface area contributed by atoms with Crippen LogP contribution in [0.3, 0.4) is 0 Å². The fraction of sp³-hybridized carbons (Fsp3) is 0.467. The topological polar surface area (TPSA) is 37.4 Å². The lowest BCUT2D eigenvalue weighted by Crippen LogP contribution is -2.40. The molecule has 0 unspecified atom stereocenters. The number of carbonyl (C=O) groups is 2. The highest BCUT2D eigenvalue weighted by atomic mass is 79.9. The van der Waals surface area contributed by atoms with Gasteiger partial charge in [-0.15, -0.1) is 0 Å². The first-order chi connectivity index (χ1) is 9.06. The van der Waals surface area contributed by atoms with Crippen LogP contribution < -0.4 is 0 Å². The number of ketones is 1. The van der Waals surface area contributed by atoms with Gasteiger partial charge in [0.15, 0.2) is 0 Å². The molecule has 0 spiro atoms. The average Bonchev–Trinajstić information content (AvgIpc) is 2.39. The standard InChI is InChI=1S/C15H18BrNO2/c1-17(13-5-7-14(18)8-6-13)15(19)10-11-3-2-4-12(16)9-11/h2-4,9,13H,5-8,10H2,1H3. The van der Waals surface area contributed by atoms with Crippen LogP contribution in [0.15, 0.2) is 28.7 Å². The smallest absolute Gasteiger partial charge is 0.226 e. The summed E-state index contributed by atoms with van der Waals surface area (Å²) in [5.41, 5.74) is 1.01. The third-order valence-electron chi connectivity index (χ3n) is 3.70. The number of hydrogen-bond donors (Lipinski definition) is 0. The van der Waals surface area contributed by atoms with Crippen LogP contribution in [0.25, 0.3) is 0 Å². The quantitative estimate of drug-likeness (QED) is 0.857. The third kappa shape index (κ3) is 3.90. The fourth-order valence-corrected chi connectivity index (χ4v) is 2.91. The van der Waals surface area contributed by atoms with Gasteiger partial charge in [-0.3, -0.25) is 9.59 Å². The molecular weight excluding hydrogens is 306 g/mol. The molecule has 4 heteroatoms. The highest BCUT2D eigenvalue weighted by molar-refractivity contribution is 9.10. The average molecular weight is 324 g/mol. The van der Waals surface area contributed by atoms with Gasteiger partial charge in [-0.25, -0.2) is 0 Å². The van der Waals surface area contributed by atoms with Crippen molar-refractivity contribution in [3.05, 3.63) is 34.3 Å². The Kier molecular flexibility index (Phi) is 4.75. The van der Waals surface area contributed by atoms with E-state index in [-0.39, 0.29) is 11.9 Å². The molecule has 1 saturated carbocycles. The van der Waals surface area contributed by atoms with Crippen molar-refractivity contribution >= 4 is 27.6 Å². The van der Waals surface area contributed by atoms with Gasteiger partial charge in [0.2, 0.25) is 5.91 Å². The Balaban J connectivity index is 1.94. The molecule has 0 atom stereocenters. The zero-order valence-electron chi connectivity index (χ0n) is 11.1. The summed E-state index contributed by atoms with van der Waals surface area (Å²) in [5.74, 6) is 0.446. The molecular formula is C15H18BrNO2. The van der Waals surface area contributed by atoms with Gasteiger partial charge < -0.3 is 4.90 Å². The van der Waals surface area contributed by atoms with E-state index in [0.717, 1.165) is 22.9 Å². The maximum atomic E-state index is 12.2. The summed E-state index contributed by atoms with van der Waals surface area (Å²) in [7, 11) is 1.85. The van der Waals surface area contributed by atoms with E-state index in [2.05, 4.69) is 15.9 Å². The van der Waals surface area contributed by atoms with Crippen LogP contribution in [0.1, 0.15) is 31.2 Å². The van der Waals surface area contributed by atoms with Crippen LogP contribution in [0.2, 0.25) is 0 Å². The van der Waals surface area contributed by atoms with E-state index in [1.165, 1.54) is 0 Å². The summed E-state index contributed by atoms with van der Waals surface area (Å²) in [4.78, 5) is 25.3. The lowest BCUT2D eigenvalue weighted by Gasteiger charge is -2.30. The van der Waals surface area contributed by atoms with Crippen molar-refractivity contribution in [3.8, 4) is 0 Å². The van der Waals surface area contributed by atoms with E-state index >= 15 is 0 Å². The highest BCUT2D eigenvalue weighted by Gasteiger charge is 2.25. The molecule has 3 nitrogen and oxygen atoms in total. The number of halogens is 1. The number of Topliss-reactive ketones (excluding diaryl/α,β-unsaturated/α-hetero) is 1. The molecule has 0 aromatic heterocycles. The minimum atomic E-state index is 0.123. The molecule has 1 aromatic carbocycles. The van der Waals surface area contributed by atoms with Crippen LogP contribution in [0.4, 0.5) is 0 Å². The summed E-state index contributed by atoms with van der Waals surface area (Å²) in [6.45, 7) is 0. The zero-order valence-corrected chi connectivity index (χ0v) is 12.6. The predicted molar refractivity (Wildman–Crippen MR) is 77.9 cm³/mol. The van der Waals surface area contributed by atoms with Gasteiger partial charge in [0.05, 0.1) is 6.42 Å². The molecule has 0 N–H and O–H groups in total. The molecule has 1 aromatic rings. The summed E-state index contributed by atoms with van der Waals surface area (Å²) >= 11 is 3.41. The van der Waals surface area contributed by atoms with E-state index < -0.39 is 0 Å². The van der Waals surface area contributed by atoms with Crippen molar-refractivity contribution in [2.75, 3.05) is 7.05 Å². The van der Waals surface area contributed by atoms with E-state index in [0.29, 0.717) is 25.0 Å². The maximum absolute atomic E-state index is 12.2. The molecule has 2 rings (SSSR count). The Labute approximate surface area is 122 Å². The largest absolute Gasteiger partial charge is 0.342 e. The van der Waals surface area contributed by atoms with Crippen molar-refractivity contribution in [3.63, 3.8) is 0 Å². The molecule has 0 heterocycles. The van der Waals surface area contributed by atoms with Gasteiger partial charge in [0.25, 0.3) is 0 Å². The first-order valence-corrected chi connectivity index (χ1v) is 7.37. The second kappa shape index (κ2) is 6.33. The van der Waals surface area contributed by atoms with E-state index in [1.54, 1.807) is 0 Å². The van der Waals surface area contributed by atoms with E-state index in [1.807, 2.05) is 36.2 Å². The second-order valence-corrected chi connectivity index (χ2v) is 6.00. The Morgan fingerprint density at radius 2 is 2.05 bits per heavy atom. The Bertz CT molecular complexity index is 477. The molecule has 0 aliphatic heterocycles. The van der Waals surface area contributed by atoms with Crippen LogP contribution in [0.5, 0.6) is 0 Å². The van der Waals surface area contributed by atoms with E-state index in [9.17, 15) is 9.59 Å². The fourth-order valence-electron chi connectivity index (χ4n) is 2.46. The number of amides is 1. The monoisotopic (exact) mass is 323 g/mol. The van der Waals surface area contributed by atoms with Crippen LogP contribution in [-0.2, 0) is 16.0 Å². The summed E-state index contributed by atoms with van der Waals surface area (Å²) in [6.07, 6.45) is 3.25. The molecule has 1 aliphatic rings. The minimum Gasteiger partial charge on any atom is -0.342 e. The van der Waals surface area contributed by atoms with Crippen LogP contribution >= 0.6 is 15.9 Å².